The van der Waals surface area contributed by atoms with Crippen molar-refractivity contribution < 1.29 is 4.79 Å². The van der Waals surface area contributed by atoms with Crippen LogP contribution in [0.5, 0.6) is 0 Å². The predicted molar refractivity (Wildman–Crippen MR) is 74.9 cm³/mol. The molecule has 1 fully saturated rings. The third-order valence-electron chi connectivity index (χ3n) is 3.22. The zero-order valence-corrected chi connectivity index (χ0v) is 11.3. The fourth-order valence-electron chi connectivity index (χ4n) is 2.36. The molecule has 3 heteroatoms. The normalized spacial score (nSPS) is 15.2. The molecule has 1 aliphatic heterocycles. The van der Waals surface area contributed by atoms with Crippen LogP contribution >= 0.6 is 0 Å². The number of hydrogen-bond donors (Lipinski definition) is 1. The molecule has 1 aromatic rings. The lowest BCUT2D eigenvalue weighted by Crippen LogP contribution is -2.31. The highest BCUT2D eigenvalue weighted by atomic mass is 16.1. The molecule has 1 aliphatic rings. The first-order valence-corrected chi connectivity index (χ1v) is 6.78. The number of rotatable bonds is 4. The molecule has 0 atom stereocenters. The van der Waals surface area contributed by atoms with Crippen molar-refractivity contribution in [3.8, 4) is 0 Å². The fourth-order valence-corrected chi connectivity index (χ4v) is 2.36. The number of nitrogens with zero attached hydrogens (tertiary/aromatic N) is 1. The SMILES string of the molecule is CC(C)NC(=O)Cc1ccc(N2CCCC2)cc1. The minimum Gasteiger partial charge on any atom is -0.372 e. The van der Waals surface area contributed by atoms with Gasteiger partial charge in [0.15, 0.2) is 0 Å². The maximum absolute atomic E-state index is 11.6. The maximum atomic E-state index is 11.6. The van der Waals surface area contributed by atoms with Crippen LogP contribution in [-0.4, -0.2) is 25.0 Å². The molecule has 0 saturated carbocycles. The summed E-state index contributed by atoms with van der Waals surface area (Å²) in [5, 5.41) is 2.91. The van der Waals surface area contributed by atoms with E-state index in [1.54, 1.807) is 0 Å². The van der Waals surface area contributed by atoms with Crippen LogP contribution in [0, 0.1) is 0 Å². The third-order valence-corrected chi connectivity index (χ3v) is 3.22. The highest BCUT2D eigenvalue weighted by molar-refractivity contribution is 5.78. The van der Waals surface area contributed by atoms with E-state index >= 15 is 0 Å². The van der Waals surface area contributed by atoms with Crippen molar-refractivity contribution in [2.75, 3.05) is 18.0 Å². The van der Waals surface area contributed by atoms with E-state index in [0.717, 1.165) is 18.7 Å². The van der Waals surface area contributed by atoms with Crippen molar-refractivity contribution in [3.05, 3.63) is 29.8 Å². The minimum atomic E-state index is 0.0962. The quantitative estimate of drug-likeness (QED) is 0.884. The van der Waals surface area contributed by atoms with Crippen LogP contribution in [0.15, 0.2) is 24.3 Å². The number of amides is 1. The molecule has 0 spiro atoms. The summed E-state index contributed by atoms with van der Waals surface area (Å²) in [6.07, 6.45) is 3.05. The molecule has 18 heavy (non-hydrogen) atoms. The molecule has 2 rings (SSSR count). The second-order valence-corrected chi connectivity index (χ2v) is 5.26. The topological polar surface area (TPSA) is 32.3 Å². The smallest absolute Gasteiger partial charge is 0.224 e. The largest absolute Gasteiger partial charge is 0.372 e. The van der Waals surface area contributed by atoms with Gasteiger partial charge in [-0.25, -0.2) is 0 Å². The van der Waals surface area contributed by atoms with Crippen LogP contribution in [0.1, 0.15) is 32.3 Å². The lowest BCUT2D eigenvalue weighted by molar-refractivity contribution is -0.120. The molecular formula is C15H22N2O. The van der Waals surface area contributed by atoms with E-state index in [4.69, 9.17) is 0 Å². The van der Waals surface area contributed by atoms with Gasteiger partial charge in [-0.05, 0) is 44.4 Å². The van der Waals surface area contributed by atoms with E-state index in [-0.39, 0.29) is 11.9 Å². The van der Waals surface area contributed by atoms with Gasteiger partial charge >= 0.3 is 0 Å². The first-order chi connectivity index (χ1) is 8.65. The summed E-state index contributed by atoms with van der Waals surface area (Å²) in [4.78, 5) is 14.0. The van der Waals surface area contributed by atoms with Gasteiger partial charge in [0, 0.05) is 24.8 Å². The molecule has 0 bridgehead atoms. The summed E-state index contributed by atoms with van der Waals surface area (Å²) in [6, 6.07) is 8.59. The van der Waals surface area contributed by atoms with Gasteiger partial charge < -0.3 is 10.2 Å². The van der Waals surface area contributed by atoms with E-state index in [1.165, 1.54) is 18.5 Å². The molecule has 1 saturated heterocycles. The number of carbonyl (C=O) groups is 1. The summed E-state index contributed by atoms with van der Waals surface area (Å²) in [5.74, 6) is 0.0962. The number of nitrogens with one attached hydrogen (secondary N) is 1. The summed E-state index contributed by atoms with van der Waals surface area (Å²) in [6.45, 7) is 6.28. The Morgan fingerprint density at radius 3 is 2.39 bits per heavy atom. The Morgan fingerprint density at radius 1 is 1.22 bits per heavy atom. The van der Waals surface area contributed by atoms with Crippen molar-refractivity contribution in [2.45, 2.75) is 39.2 Å². The molecule has 0 aliphatic carbocycles. The lowest BCUT2D eigenvalue weighted by Gasteiger charge is -2.17. The molecule has 1 aromatic carbocycles. The summed E-state index contributed by atoms with van der Waals surface area (Å²) in [5.41, 5.74) is 2.36. The summed E-state index contributed by atoms with van der Waals surface area (Å²) < 4.78 is 0. The van der Waals surface area contributed by atoms with Crippen LogP contribution < -0.4 is 10.2 Å². The monoisotopic (exact) mass is 246 g/mol. The standard InChI is InChI=1S/C15H22N2O/c1-12(2)16-15(18)11-13-5-7-14(8-6-13)17-9-3-4-10-17/h5-8,12H,3-4,9-11H2,1-2H3,(H,16,18). The molecule has 0 unspecified atom stereocenters. The Labute approximate surface area is 109 Å². The van der Waals surface area contributed by atoms with Crippen LogP contribution in [-0.2, 0) is 11.2 Å². The summed E-state index contributed by atoms with van der Waals surface area (Å²) in [7, 11) is 0. The van der Waals surface area contributed by atoms with Gasteiger partial charge in [-0.1, -0.05) is 12.1 Å². The Kier molecular flexibility index (Phi) is 4.24. The Balaban J connectivity index is 1.93. The van der Waals surface area contributed by atoms with Gasteiger partial charge in [0.1, 0.15) is 0 Å². The average molecular weight is 246 g/mol. The molecule has 0 aromatic heterocycles. The van der Waals surface area contributed by atoms with Crippen LogP contribution in [0.3, 0.4) is 0 Å². The van der Waals surface area contributed by atoms with Crippen molar-refractivity contribution in [2.24, 2.45) is 0 Å². The number of benzene rings is 1. The molecule has 1 heterocycles. The van der Waals surface area contributed by atoms with Crippen molar-refractivity contribution in [1.29, 1.82) is 0 Å². The van der Waals surface area contributed by atoms with Crippen LogP contribution in [0.2, 0.25) is 0 Å². The fraction of sp³-hybridized carbons (Fsp3) is 0.533. The highest BCUT2D eigenvalue weighted by Gasteiger charge is 2.12. The molecule has 98 valence electrons. The zero-order chi connectivity index (χ0) is 13.0. The number of carbonyl (C=O) groups excluding carboxylic acids is 1. The van der Waals surface area contributed by atoms with Crippen molar-refractivity contribution >= 4 is 11.6 Å². The van der Waals surface area contributed by atoms with Crippen LogP contribution in [0.25, 0.3) is 0 Å². The van der Waals surface area contributed by atoms with Crippen molar-refractivity contribution in [3.63, 3.8) is 0 Å². The van der Waals surface area contributed by atoms with E-state index in [1.807, 2.05) is 13.8 Å². The summed E-state index contributed by atoms with van der Waals surface area (Å²) >= 11 is 0. The Morgan fingerprint density at radius 2 is 1.83 bits per heavy atom. The van der Waals surface area contributed by atoms with Gasteiger partial charge in [-0.2, -0.15) is 0 Å². The zero-order valence-electron chi connectivity index (χ0n) is 11.3. The molecule has 1 N–H and O–H groups in total. The maximum Gasteiger partial charge on any atom is 0.224 e. The van der Waals surface area contributed by atoms with E-state index in [0.29, 0.717) is 6.42 Å². The van der Waals surface area contributed by atoms with Gasteiger partial charge in [0.05, 0.1) is 6.42 Å². The predicted octanol–water partition coefficient (Wildman–Crippen LogP) is 2.35. The van der Waals surface area contributed by atoms with Crippen LogP contribution in [0.4, 0.5) is 5.69 Å². The molecule has 1 amide bonds. The van der Waals surface area contributed by atoms with E-state index in [9.17, 15) is 4.79 Å². The second kappa shape index (κ2) is 5.89. The highest BCUT2D eigenvalue weighted by Crippen LogP contribution is 2.20. The Hall–Kier alpha value is -1.51. The lowest BCUT2D eigenvalue weighted by atomic mass is 10.1. The number of hydrogen-bond acceptors (Lipinski definition) is 2. The van der Waals surface area contributed by atoms with E-state index in [2.05, 4.69) is 34.5 Å². The van der Waals surface area contributed by atoms with Gasteiger partial charge in [-0.3, -0.25) is 4.79 Å². The average Bonchev–Trinajstić information content (AvgIpc) is 2.82. The first kappa shape index (κ1) is 12.9. The molecular weight excluding hydrogens is 224 g/mol. The second-order valence-electron chi connectivity index (χ2n) is 5.26. The number of anilines is 1. The Bertz CT molecular complexity index is 391. The van der Waals surface area contributed by atoms with Gasteiger partial charge in [0.2, 0.25) is 5.91 Å². The van der Waals surface area contributed by atoms with Crippen molar-refractivity contribution in [1.82, 2.24) is 5.32 Å². The van der Waals surface area contributed by atoms with E-state index < -0.39 is 0 Å². The molecule has 0 radical (unpaired) electrons. The van der Waals surface area contributed by atoms with Gasteiger partial charge in [-0.15, -0.1) is 0 Å². The minimum absolute atomic E-state index is 0.0962. The van der Waals surface area contributed by atoms with Gasteiger partial charge in [0.25, 0.3) is 0 Å². The first-order valence-electron chi connectivity index (χ1n) is 6.78. The molecule has 3 nitrogen and oxygen atoms in total. The third kappa shape index (κ3) is 3.49.